The predicted molar refractivity (Wildman–Crippen MR) is 261 cm³/mol. The lowest BCUT2D eigenvalue weighted by atomic mass is 9.90. The number of benzene rings is 4. The van der Waals surface area contributed by atoms with Crippen molar-refractivity contribution in [3.63, 3.8) is 0 Å². The van der Waals surface area contributed by atoms with E-state index >= 15 is 0 Å². The fourth-order valence-corrected chi connectivity index (χ4v) is 7.32. The zero-order valence-corrected chi connectivity index (χ0v) is 40.4. The summed E-state index contributed by atoms with van der Waals surface area (Å²) in [6.45, 7) is 2.69. The monoisotopic (exact) mass is 991 g/mol. The molecule has 0 aliphatic heterocycles. The van der Waals surface area contributed by atoms with E-state index in [1.54, 1.807) is 79.7 Å². The number of amides is 5. The van der Waals surface area contributed by atoms with E-state index in [2.05, 4.69) is 21.3 Å². The largest absolute Gasteiger partial charge is 0.481 e. The molecule has 4 atom stereocenters. The van der Waals surface area contributed by atoms with E-state index in [9.17, 15) is 38.7 Å². The second-order valence-electron chi connectivity index (χ2n) is 16.3. The molecule has 19 nitrogen and oxygen atoms in total. The normalized spacial score (nSPS) is 12.4. The molecule has 5 aromatic rings. The Hall–Kier alpha value is -8.03. The van der Waals surface area contributed by atoms with Crippen LogP contribution in [0.1, 0.15) is 90.0 Å². The van der Waals surface area contributed by atoms with Gasteiger partial charge in [0.2, 0.25) is 12.3 Å². The van der Waals surface area contributed by atoms with Crippen LogP contribution in [0.4, 0.5) is 4.79 Å². The number of hydrogen-bond acceptors (Lipinski definition) is 14. The Balaban J connectivity index is 1.32. The van der Waals surface area contributed by atoms with E-state index in [0.717, 1.165) is 34.6 Å². The Morgan fingerprint density at radius 1 is 0.736 bits per heavy atom. The van der Waals surface area contributed by atoms with Gasteiger partial charge in [0.1, 0.15) is 24.7 Å². The van der Waals surface area contributed by atoms with Gasteiger partial charge in [-0.15, -0.1) is 0 Å². The molecule has 19 heteroatoms. The molecule has 1 heterocycles. The van der Waals surface area contributed by atoms with Crippen LogP contribution < -0.4 is 26.0 Å². The number of hydroxylamine groups is 2. The number of carbonyl (C=O) groups excluding carboxylic acids is 7. The number of furan rings is 1. The van der Waals surface area contributed by atoms with Crippen molar-refractivity contribution < 1.29 is 66.9 Å². The predicted octanol–water partition coefficient (Wildman–Crippen LogP) is 6.34. The number of aliphatic hydroxyl groups is 1. The maximum Gasteiger partial charge on any atom is 0.431 e. The van der Waals surface area contributed by atoms with Gasteiger partial charge in [0.25, 0.3) is 11.8 Å². The van der Waals surface area contributed by atoms with E-state index in [4.69, 9.17) is 28.2 Å². The Labute approximate surface area is 417 Å². The van der Waals surface area contributed by atoms with Crippen LogP contribution in [0, 0.1) is 5.92 Å². The van der Waals surface area contributed by atoms with Crippen molar-refractivity contribution in [3.05, 3.63) is 149 Å². The highest BCUT2D eigenvalue weighted by atomic mass is 16.7. The molecule has 0 radical (unpaired) electrons. The molecule has 0 aliphatic rings. The average molecular weight is 992 g/mol. The Morgan fingerprint density at radius 2 is 1.36 bits per heavy atom. The van der Waals surface area contributed by atoms with E-state index in [1.807, 2.05) is 25.1 Å². The van der Waals surface area contributed by atoms with E-state index in [-0.39, 0.29) is 55.7 Å². The summed E-state index contributed by atoms with van der Waals surface area (Å²) in [5.74, 6) is -4.34. The summed E-state index contributed by atoms with van der Waals surface area (Å²) in [6, 6.07) is 32.0. The summed E-state index contributed by atoms with van der Waals surface area (Å²) in [6.07, 6.45) is 0.342. The van der Waals surface area contributed by atoms with E-state index < -0.39 is 73.1 Å². The van der Waals surface area contributed by atoms with Gasteiger partial charge in [0, 0.05) is 12.6 Å². The van der Waals surface area contributed by atoms with Crippen LogP contribution in [0.25, 0.3) is 11.3 Å². The summed E-state index contributed by atoms with van der Waals surface area (Å²) in [5, 5.41) is 22.3. The molecular formula is C53H61N5O14. The number of aliphatic hydroxyl groups excluding tert-OH is 1. The third-order valence-electron chi connectivity index (χ3n) is 11.2. The Morgan fingerprint density at radius 3 is 1.96 bits per heavy atom. The van der Waals surface area contributed by atoms with Gasteiger partial charge < -0.3 is 54.6 Å². The number of ether oxygens (including phenoxy) is 4. The summed E-state index contributed by atoms with van der Waals surface area (Å²) in [4.78, 5) is 96.1. The first-order valence-electron chi connectivity index (χ1n) is 23.5. The SMILES string of the molecule is CCCCC[C@@H](C(=O)NCNC(=O)c1ccc(-c2ccc(C(=O)N[C@@H](CC(=O)OCc3ccccc3)C(O)OCc3ccccc3)c(OCC(=O)OCc3ccccc3)c2)o1)[C@@H](CC)N(C=O)OC(=O)NC. The molecule has 0 bridgehead atoms. The molecule has 1 unspecified atom stereocenters. The minimum atomic E-state index is -1.68. The van der Waals surface area contributed by atoms with E-state index in [1.165, 1.54) is 37.4 Å². The number of nitrogens with one attached hydrogen (secondary N) is 4. The first kappa shape index (κ1) is 54.9. The lowest BCUT2D eigenvalue weighted by Gasteiger charge is -2.31. The van der Waals surface area contributed by atoms with Crippen molar-refractivity contribution in [2.45, 2.75) is 90.6 Å². The summed E-state index contributed by atoms with van der Waals surface area (Å²) >= 11 is 0. The topological polar surface area (TPSA) is 250 Å². The van der Waals surface area contributed by atoms with Crippen LogP contribution in [0.15, 0.2) is 126 Å². The lowest BCUT2D eigenvalue weighted by Crippen LogP contribution is -2.49. The van der Waals surface area contributed by atoms with E-state index in [0.29, 0.717) is 24.8 Å². The minimum absolute atomic E-state index is 0.0358. The molecule has 0 spiro atoms. The second kappa shape index (κ2) is 29.2. The number of carbonyl (C=O) groups is 7. The van der Waals surface area contributed by atoms with Gasteiger partial charge in [0.05, 0.1) is 43.3 Å². The molecular weight excluding hydrogens is 931 g/mol. The zero-order valence-electron chi connectivity index (χ0n) is 40.4. The fraction of sp³-hybridized carbons (Fsp3) is 0.340. The number of hydrogen-bond donors (Lipinski definition) is 5. The first-order valence-corrected chi connectivity index (χ1v) is 23.5. The lowest BCUT2D eigenvalue weighted by molar-refractivity contribution is -0.169. The van der Waals surface area contributed by atoms with Gasteiger partial charge in [-0.3, -0.25) is 24.0 Å². The van der Waals surface area contributed by atoms with Crippen LogP contribution >= 0.6 is 0 Å². The Kier molecular flexibility index (Phi) is 22.3. The molecule has 0 fully saturated rings. The molecule has 382 valence electrons. The van der Waals surface area contributed by atoms with Gasteiger partial charge in [-0.1, -0.05) is 130 Å². The van der Waals surface area contributed by atoms with Crippen LogP contribution in [-0.2, 0) is 58.0 Å². The number of nitrogens with zero attached hydrogens (tertiary/aromatic N) is 1. The van der Waals surface area contributed by atoms with Gasteiger partial charge in [-0.2, -0.15) is 5.06 Å². The van der Waals surface area contributed by atoms with Gasteiger partial charge in [-0.05, 0) is 53.8 Å². The number of unbranched alkanes of at least 4 members (excludes halogenated alkanes) is 2. The second-order valence-corrected chi connectivity index (χ2v) is 16.3. The van der Waals surface area contributed by atoms with Gasteiger partial charge in [-0.25, -0.2) is 9.59 Å². The summed E-state index contributed by atoms with van der Waals surface area (Å²) in [7, 11) is 1.34. The average Bonchev–Trinajstić information content (AvgIpc) is 3.91. The fourth-order valence-electron chi connectivity index (χ4n) is 7.32. The standard InChI is InChI=1S/C53H61N5O14/c1-4-6-10-23-40(43(5-2)58(35-59)72-53(66)54-3)49(62)55-34-56-51(64)45-27-26-44(71-45)39-24-25-41(46(28-39)67-33-48(61)69-31-37-19-13-8-14-20-37)50(63)57-42(52(65)70-32-38-21-15-9-16-22-38)29-47(60)68-30-36-17-11-7-12-18-36/h7-9,11-22,24-28,35,40,42-43,52,65H,4-6,10,23,29-34H2,1-3H3,(H,54,66)(H,55,62)(H,56,64)(H,57,63)/t40-,42+,43-,52?/m1/s1. The van der Waals surface area contributed by atoms with Crippen LogP contribution in [-0.4, -0.2) is 91.0 Å². The Bertz CT molecular complexity index is 2520. The van der Waals surface area contributed by atoms with Crippen molar-refractivity contribution in [3.8, 4) is 17.1 Å². The maximum atomic E-state index is 14.2. The van der Waals surface area contributed by atoms with Crippen molar-refractivity contribution in [1.29, 1.82) is 0 Å². The van der Waals surface area contributed by atoms with Crippen LogP contribution in [0.5, 0.6) is 5.75 Å². The molecule has 5 N–H and O–H groups in total. The van der Waals surface area contributed by atoms with Gasteiger partial charge in [0.15, 0.2) is 18.7 Å². The molecule has 0 saturated carbocycles. The molecule has 1 aromatic heterocycles. The highest BCUT2D eigenvalue weighted by Crippen LogP contribution is 2.30. The first-order chi connectivity index (χ1) is 34.9. The van der Waals surface area contributed by atoms with Crippen LogP contribution in [0.2, 0.25) is 0 Å². The number of rotatable bonds is 29. The van der Waals surface area contributed by atoms with Crippen molar-refractivity contribution in [2.75, 3.05) is 20.3 Å². The highest BCUT2D eigenvalue weighted by Gasteiger charge is 2.34. The van der Waals surface area contributed by atoms with Crippen molar-refractivity contribution in [2.24, 2.45) is 5.92 Å². The molecule has 4 aromatic carbocycles. The third kappa shape index (κ3) is 17.4. The minimum Gasteiger partial charge on any atom is -0.481 e. The number of esters is 2. The third-order valence-corrected chi connectivity index (χ3v) is 11.2. The molecule has 0 saturated heterocycles. The maximum absolute atomic E-state index is 14.2. The summed E-state index contributed by atoms with van der Waals surface area (Å²) in [5.41, 5.74) is 2.41. The molecule has 5 rings (SSSR count). The van der Waals surface area contributed by atoms with Crippen molar-refractivity contribution >= 4 is 42.2 Å². The quantitative estimate of drug-likeness (QED) is 0.0115. The zero-order chi connectivity index (χ0) is 51.7. The summed E-state index contributed by atoms with van der Waals surface area (Å²) < 4.78 is 28.4. The molecule has 0 aliphatic carbocycles. The van der Waals surface area contributed by atoms with Crippen molar-refractivity contribution in [1.82, 2.24) is 26.3 Å². The smallest absolute Gasteiger partial charge is 0.431 e. The molecule has 72 heavy (non-hydrogen) atoms. The van der Waals surface area contributed by atoms with Crippen LogP contribution in [0.3, 0.4) is 0 Å². The molecule has 5 amide bonds. The van der Waals surface area contributed by atoms with Gasteiger partial charge >= 0.3 is 18.0 Å². The highest BCUT2D eigenvalue weighted by molar-refractivity contribution is 5.98.